The van der Waals surface area contributed by atoms with E-state index >= 15 is 0 Å². The van der Waals surface area contributed by atoms with E-state index in [4.69, 9.17) is 14.3 Å². The van der Waals surface area contributed by atoms with Crippen molar-refractivity contribution in [3.63, 3.8) is 0 Å². The summed E-state index contributed by atoms with van der Waals surface area (Å²) in [4.78, 5) is 12.4. The van der Waals surface area contributed by atoms with Gasteiger partial charge in [0, 0.05) is 19.2 Å². The van der Waals surface area contributed by atoms with Gasteiger partial charge in [-0.25, -0.2) is 0 Å². The number of ether oxygens (including phenoxy) is 1. The lowest BCUT2D eigenvalue weighted by Gasteiger charge is -2.31. The molecule has 0 aromatic carbocycles. The highest BCUT2D eigenvalue weighted by Gasteiger charge is 2.21. The van der Waals surface area contributed by atoms with E-state index in [0.717, 1.165) is 0 Å². The number of carbonyl (C=O) groups is 1. The zero-order valence-corrected chi connectivity index (χ0v) is 8.26. The van der Waals surface area contributed by atoms with Crippen molar-refractivity contribution >= 4 is 12.2 Å². The number of aliphatic hydroxyl groups is 1. The van der Waals surface area contributed by atoms with Gasteiger partial charge in [-0.3, -0.25) is 4.79 Å². The fourth-order valence-electron chi connectivity index (χ4n) is 1.61. The van der Waals surface area contributed by atoms with Crippen LogP contribution in [-0.4, -0.2) is 43.8 Å². The lowest BCUT2D eigenvalue weighted by atomic mass is 10.3. The second-order valence-corrected chi connectivity index (χ2v) is 3.42. The van der Waals surface area contributed by atoms with Crippen molar-refractivity contribution in [1.29, 1.82) is 0 Å². The number of hydrogen-bond donors (Lipinski definition) is 1. The van der Waals surface area contributed by atoms with Crippen LogP contribution in [-0.2, 0) is 4.74 Å². The van der Waals surface area contributed by atoms with E-state index in [-0.39, 0.29) is 12.7 Å². The molecule has 0 aliphatic carbocycles. The fraction of sp³-hybridized carbons (Fsp3) is 0.500. The molecule has 1 aliphatic rings. The SMILES string of the molecule is O=Cc1ccc(N2CCOC(CO)C2)o1. The monoisotopic (exact) mass is 211 g/mol. The molecule has 0 bridgehead atoms. The zero-order valence-electron chi connectivity index (χ0n) is 8.26. The first kappa shape index (κ1) is 10.2. The number of carbonyl (C=O) groups excluding carboxylic acids is 1. The number of aldehydes is 1. The van der Waals surface area contributed by atoms with Gasteiger partial charge in [-0.2, -0.15) is 0 Å². The van der Waals surface area contributed by atoms with E-state index in [0.29, 0.717) is 37.6 Å². The Morgan fingerprint density at radius 2 is 2.47 bits per heavy atom. The minimum absolute atomic E-state index is 0.00224. The fourth-order valence-corrected chi connectivity index (χ4v) is 1.61. The van der Waals surface area contributed by atoms with Gasteiger partial charge in [-0.1, -0.05) is 0 Å². The van der Waals surface area contributed by atoms with Gasteiger partial charge in [0.25, 0.3) is 0 Å². The summed E-state index contributed by atoms with van der Waals surface area (Å²) in [5, 5.41) is 8.97. The summed E-state index contributed by atoms with van der Waals surface area (Å²) in [5.74, 6) is 0.968. The van der Waals surface area contributed by atoms with E-state index in [1.165, 1.54) is 0 Å². The van der Waals surface area contributed by atoms with Crippen molar-refractivity contribution in [2.24, 2.45) is 0 Å². The maximum absolute atomic E-state index is 10.4. The molecule has 82 valence electrons. The van der Waals surface area contributed by atoms with Crippen molar-refractivity contribution in [3.8, 4) is 0 Å². The molecule has 1 aromatic heterocycles. The summed E-state index contributed by atoms with van der Waals surface area (Å²) in [6.45, 7) is 1.85. The molecule has 0 saturated carbocycles. The molecule has 2 heterocycles. The third-order valence-corrected chi connectivity index (χ3v) is 2.38. The molecule has 1 atom stereocenters. The van der Waals surface area contributed by atoms with Gasteiger partial charge in [0.15, 0.2) is 17.9 Å². The van der Waals surface area contributed by atoms with E-state index in [1.54, 1.807) is 12.1 Å². The second-order valence-electron chi connectivity index (χ2n) is 3.42. The molecule has 1 aromatic rings. The Labute approximate surface area is 87.2 Å². The summed E-state index contributed by atoms with van der Waals surface area (Å²) >= 11 is 0. The van der Waals surface area contributed by atoms with Gasteiger partial charge in [-0.05, 0) is 6.07 Å². The molecule has 5 heteroatoms. The van der Waals surface area contributed by atoms with Gasteiger partial charge in [0.1, 0.15) is 0 Å². The Kier molecular flexibility index (Phi) is 3.03. The largest absolute Gasteiger partial charge is 0.438 e. The summed E-state index contributed by atoms with van der Waals surface area (Å²) in [7, 11) is 0. The van der Waals surface area contributed by atoms with Crippen LogP contribution in [0.1, 0.15) is 10.6 Å². The summed E-state index contributed by atoms with van der Waals surface area (Å²) < 4.78 is 10.6. The third kappa shape index (κ3) is 2.19. The normalized spacial score (nSPS) is 21.7. The predicted octanol–water partition coefficient (Wildman–Crippen LogP) is 0.290. The van der Waals surface area contributed by atoms with Crippen LogP contribution in [0.15, 0.2) is 16.5 Å². The minimum atomic E-state index is -0.177. The van der Waals surface area contributed by atoms with Crippen molar-refractivity contribution in [2.75, 3.05) is 31.2 Å². The second kappa shape index (κ2) is 4.46. The van der Waals surface area contributed by atoms with Crippen LogP contribution < -0.4 is 4.90 Å². The summed E-state index contributed by atoms with van der Waals surface area (Å²) in [5.41, 5.74) is 0. The Hall–Kier alpha value is -1.33. The number of aliphatic hydroxyl groups excluding tert-OH is 1. The lowest BCUT2D eigenvalue weighted by molar-refractivity contribution is 0.00253. The highest BCUT2D eigenvalue weighted by Crippen LogP contribution is 2.20. The standard InChI is InChI=1S/C10H13NO4/c12-6-8-1-2-10(15-8)11-3-4-14-9(5-11)7-13/h1-2,6,9,13H,3-5,7H2. The topological polar surface area (TPSA) is 62.9 Å². The van der Waals surface area contributed by atoms with Crippen molar-refractivity contribution in [1.82, 2.24) is 0 Å². The quantitative estimate of drug-likeness (QED) is 0.728. The minimum Gasteiger partial charge on any atom is -0.438 e. The summed E-state index contributed by atoms with van der Waals surface area (Å²) in [6, 6.07) is 3.38. The maximum Gasteiger partial charge on any atom is 0.196 e. The number of anilines is 1. The number of rotatable bonds is 3. The van der Waals surface area contributed by atoms with Gasteiger partial charge >= 0.3 is 0 Å². The molecule has 15 heavy (non-hydrogen) atoms. The van der Waals surface area contributed by atoms with Gasteiger partial charge in [-0.15, -0.1) is 0 Å². The molecule has 1 unspecified atom stereocenters. The molecular formula is C10H13NO4. The first-order valence-corrected chi connectivity index (χ1v) is 4.86. The van der Waals surface area contributed by atoms with E-state index in [2.05, 4.69) is 0 Å². The van der Waals surface area contributed by atoms with Crippen LogP contribution in [0.2, 0.25) is 0 Å². The van der Waals surface area contributed by atoms with Crippen LogP contribution in [0.5, 0.6) is 0 Å². The molecule has 1 N–H and O–H groups in total. The number of hydrogen-bond acceptors (Lipinski definition) is 5. The van der Waals surface area contributed by atoms with E-state index in [9.17, 15) is 4.79 Å². The van der Waals surface area contributed by atoms with Crippen molar-refractivity contribution < 1.29 is 19.1 Å². The van der Waals surface area contributed by atoms with Gasteiger partial charge in [0.2, 0.25) is 0 Å². The Bertz CT molecular complexity index is 336. The highest BCUT2D eigenvalue weighted by molar-refractivity contribution is 5.71. The molecule has 0 radical (unpaired) electrons. The Balaban J connectivity index is 2.06. The zero-order chi connectivity index (χ0) is 10.7. The average Bonchev–Trinajstić information content (AvgIpc) is 2.78. The van der Waals surface area contributed by atoms with Crippen molar-refractivity contribution in [2.45, 2.75) is 6.10 Å². The van der Waals surface area contributed by atoms with Crippen LogP contribution in [0.4, 0.5) is 5.88 Å². The van der Waals surface area contributed by atoms with Crippen molar-refractivity contribution in [3.05, 3.63) is 17.9 Å². The van der Waals surface area contributed by atoms with Gasteiger partial charge in [0.05, 0.1) is 19.3 Å². The molecule has 1 aliphatic heterocycles. The van der Waals surface area contributed by atoms with E-state index < -0.39 is 0 Å². The molecule has 0 spiro atoms. The molecular weight excluding hydrogens is 198 g/mol. The molecule has 2 rings (SSSR count). The Morgan fingerprint density at radius 3 is 3.13 bits per heavy atom. The van der Waals surface area contributed by atoms with Crippen LogP contribution in [0.3, 0.4) is 0 Å². The molecule has 1 saturated heterocycles. The van der Waals surface area contributed by atoms with Crippen LogP contribution in [0.25, 0.3) is 0 Å². The average molecular weight is 211 g/mol. The molecule has 0 amide bonds. The van der Waals surface area contributed by atoms with Crippen LogP contribution >= 0.6 is 0 Å². The lowest BCUT2D eigenvalue weighted by Crippen LogP contribution is -2.43. The highest BCUT2D eigenvalue weighted by atomic mass is 16.5. The predicted molar refractivity (Wildman–Crippen MR) is 53.1 cm³/mol. The summed E-state index contributed by atoms with van der Waals surface area (Å²) in [6.07, 6.45) is 0.497. The first-order valence-electron chi connectivity index (χ1n) is 4.86. The Morgan fingerprint density at radius 1 is 1.60 bits per heavy atom. The first-order chi connectivity index (χ1) is 7.33. The number of morpholine rings is 1. The number of furan rings is 1. The third-order valence-electron chi connectivity index (χ3n) is 2.38. The van der Waals surface area contributed by atoms with E-state index in [1.807, 2.05) is 4.90 Å². The van der Waals surface area contributed by atoms with Crippen LogP contribution in [0, 0.1) is 0 Å². The number of nitrogens with zero attached hydrogens (tertiary/aromatic N) is 1. The molecule has 1 fully saturated rings. The maximum atomic E-state index is 10.4. The smallest absolute Gasteiger partial charge is 0.196 e. The molecule has 5 nitrogen and oxygen atoms in total. The van der Waals surface area contributed by atoms with Gasteiger partial charge < -0.3 is 19.2 Å².